The molecule has 0 radical (unpaired) electrons. The molecule has 0 aromatic heterocycles. The molecule has 0 aliphatic carbocycles. The van der Waals surface area contributed by atoms with E-state index in [1.54, 1.807) is 26.0 Å². The fourth-order valence-corrected chi connectivity index (χ4v) is 4.53. The highest BCUT2D eigenvalue weighted by molar-refractivity contribution is 9.11. The summed E-state index contributed by atoms with van der Waals surface area (Å²) in [6.45, 7) is 7.31. The van der Waals surface area contributed by atoms with Gasteiger partial charge in [0.2, 0.25) is 5.91 Å². The standard InChI is InChI=1S/C15H18BrNO3S/c1-10-5-7-12(8-6-10)21(19,20)17-9-13(11(2)16)15(3,4)14(17)18/h5-8H,9H2,1-4H3/b13-11+. The number of amides is 1. The largest absolute Gasteiger partial charge is 0.273 e. The summed E-state index contributed by atoms with van der Waals surface area (Å²) in [5.74, 6) is -0.392. The molecule has 1 aliphatic heterocycles. The second kappa shape index (κ2) is 5.25. The van der Waals surface area contributed by atoms with Crippen LogP contribution in [0.2, 0.25) is 0 Å². The first-order valence-corrected chi connectivity index (χ1v) is 8.81. The van der Waals surface area contributed by atoms with Gasteiger partial charge in [0.05, 0.1) is 16.9 Å². The maximum atomic E-state index is 12.7. The molecule has 4 nitrogen and oxygen atoms in total. The number of hydrogen-bond acceptors (Lipinski definition) is 3. The van der Waals surface area contributed by atoms with Gasteiger partial charge in [-0.2, -0.15) is 0 Å². The SMILES string of the molecule is C/C(Br)=C1/CN(S(=O)(=O)c2ccc(C)cc2)C(=O)C1(C)C. The van der Waals surface area contributed by atoms with Crippen molar-refractivity contribution in [2.24, 2.45) is 5.41 Å². The van der Waals surface area contributed by atoms with Crippen molar-refractivity contribution < 1.29 is 13.2 Å². The third kappa shape index (κ3) is 2.66. The molecule has 0 unspecified atom stereocenters. The maximum Gasteiger partial charge on any atom is 0.266 e. The Hall–Kier alpha value is -1.14. The highest BCUT2D eigenvalue weighted by Gasteiger charge is 2.48. The molecule has 0 bridgehead atoms. The van der Waals surface area contributed by atoms with Crippen LogP contribution in [0.4, 0.5) is 0 Å². The van der Waals surface area contributed by atoms with Crippen LogP contribution in [0.5, 0.6) is 0 Å². The number of allylic oxidation sites excluding steroid dienone is 1. The van der Waals surface area contributed by atoms with E-state index in [4.69, 9.17) is 0 Å². The minimum atomic E-state index is -3.81. The number of halogens is 1. The van der Waals surface area contributed by atoms with E-state index in [1.807, 2.05) is 13.8 Å². The number of aryl methyl sites for hydroxylation is 1. The lowest BCUT2D eigenvalue weighted by Crippen LogP contribution is -2.36. The Bertz CT molecular complexity index is 714. The maximum absolute atomic E-state index is 12.7. The minimum absolute atomic E-state index is 0.0964. The Kier molecular flexibility index (Phi) is 4.06. The summed E-state index contributed by atoms with van der Waals surface area (Å²) in [5, 5.41) is 0. The fourth-order valence-electron chi connectivity index (χ4n) is 2.43. The summed E-state index contributed by atoms with van der Waals surface area (Å²) in [6.07, 6.45) is 0. The van der Waals surface area contributed by atoms with Crippen LogP contribution in [0.1, 0.15) is 26.3 Å². The smallest absolute Gasteiger partial charge is 0.266 e. The van der Waals surface area contributed by atoms with E-state index >= 15 is 0 Å². The summed E-state index contributed by atoms with van der Waals surface area (Å²) < 4.78 is 27.1. The number of benzene rings is 1. The molecule has 0 atom stereocenters. The molecule has 0 saturated carbocycles. The van der Waals surface area contributed by atoms with Crippen LogP contribution in [0.25, 0.3) is 0 Å². The van der Waals surface area contributed by atoms with Crippen molar-refractivity contribution in [2.45, 2.75) is 32.6 Å². The van der Waals surface area contributed by atoms with Crippen molar-refractivity contribution in [1.29, 1.82) is 0 Å². The van der Waals surface area contributed by atoms with E-state index in [9.17, 15) is 13.2 Å². The van der Waals surface area contributed by atoms with Gasteiger partial charge in [-0.15, -0.1) is 0 Å². The number of sulfonamides is 1. The van der Waals surface area contributed by atoms with Gasteiger partial charge in [-0.25, -0.2) is 12.7 Å². The molecule has 1 heterocycles. The lowest BCUT2D eigenvalue weighted by Gasteiger charge is -2.19. The summed E-state index contributed by atoms with van der Waals surface area (Å²) in [4.78, 5) is 12.7. The lowest BCUT2D eigenvalue weighted by atomic mass is 9.87. The van der Waals surface area contributed by atoms with E-state index in [0.29, 0.717) is 0 Å². The molecule has 0 spiro atoms. The van der Waals surface area contributed by atoms with Gasteiger partial charge < -0.3 is 0 Å². The van der Waals surface area contributed by atoms with Crippen molar-refractivity contribution in [3.05, 3.63) is 39.9 Å². The van der Waals surface area contributed by atoms with Crippen LogP contribution in [0.3, 0.4) is 0 Å². The summed E-state index contributed by atoms with van der Waals surface area (Å²) >= 11 is 3.37. The Morgan fingerprint density at radius 1 is 1.24 bits per heavy atom. The summed E-state index contributed by atoms with van der Waals surface area (Å²) in [6, 6.07) is 6.53. The predicted octanol–water partition coefficient (Wildman–Crippen LogP) is 3.22. The fraction of sp³-hybridized carbons (Fsp3) is 0.400. The van der Waals surface area contributed by atoms with E-state index in [-0.39, 0.29) is 11.4 Å². The van der Waals surface area contributed by atoms with Crippen molar-refractivity contribution in [3.63, 3.8) is 0 Å². The van der Waals surface area contributed by atoms with Crippen molar-refractivity contribution in [1.82, 2.24) is 4.31 Å². The molecule has 0 N–H and O–H groups in total. The molecule has 1 fully saturated rings. The average Bonchev–Trinajstić information content (AvgIpc) is 2.62. The number of carbonyl (C=O) groups is 1. The summed E-state index contributed by atoms with van der Waals surface area (Å²) in [5.41, 5.74) is 0.952. The van der Waals surface area contributed by atoms with Gasteiger partial charge >= 0.3 is 0 Å². The first kappa shape index (κ1) is 16.2. The van der Waals surface area contributed by atoms with Crippen LogP contribution >= 0.6 is 15.9 Å². The van der Waals surface area contributed by atoms with E-state index < -0.39 is 21.3 Å². The second-order valence-electron chi connectivity index (χ2n) is 5.77. The zero-order valence-corrected chi connectivity index (χ0v) is 14.9. The second-order valence-corrected chi connectivity index (χ2v) is 8.82. The van der Waals surface area contributed by atoms with E-state index in [1.165, 1.54) is 12.1 Å². The molecule has 1 aliphatic rings. The topological polar surface area (TPSA) is 54.5 Å². The molecule has 2 rings (SSSR count). The zero-order valence-electron chi connectivity index (χ0n) is 12.5. The molecule has 6 heteroatoms. The Labute approximate surface area is 134 Å². The number of rotatable bonds is 2. The van der Waals surface area contributed by atoms with Crippen LogP contribution in [0.15, 0.2) is 39.2 Å². The van der Waals surface area contributed by atoms with Gasteiger partial charge in [0.1, 0.15) is 0 Å². The normalized spacial score (nSPS) is 20.8. The van der Waals surface area contributed by atoms with Crippen molar-refractivity contribution >= 4 is 31.9 Å². The Morgan fingerprint density at radius 2 is 1.76 bits per heavy atom. The molecule has 1 amide bonds. The van der Waals surface area contributed by atoms with Crippen molar-refractivity contribution in [3.8, 4) is 0 Å². The van der Waals surface area contributed by atoms with Gasteiger partial charge in [-0.05, 0) is 49.9 Å². The molecule has 1 aromatic rings. The first-order valence-electron chi connectivity index (χ1n) is 6.58. The zero-order chi connectivity index (χ0) is 16.0. The van der Waals surface area contributed by atoms with Crippen LogP contribution in [0, 0.1) is 12.3 Å². The minimum Gasteiger partial charge on any atom is -0.273 e. The molecular weight excluding hydrogens is 354 g/mol. The highest BCUT2D eigenvalue weighted by atomic mass is 79.9. The lowest BCUT2D eigenvalue weighted by molar-refractivity contribution is -0.129. The number of carbonyl (C=O) groups excluding carboxylic acids is 1. The van der Waals surface area contributed by atoms with Gasteiger partial charge in [0.25, 0.3) is 10.0 Å². The molecule has 1 aromatic carbocycles. The van der Waals surface area contributed by atoms with Crippen LogP contribution in [-0.4, -0.2) is 25.2 Å². The third-order valence-corrected chi connectivity index (χ3v) is 6.06. The number of nitrogens with zero attached hydrogens (tertiary/aromatic N) is 1. The molecular formula is C15H18BrNO3S. The average molecular weight is 372 g/mol. The summed E-state index contributed by atoms with van der Waals surface area (Å²) in [7, 11) is -3.81. The van der Waals surface area contributed by atoms with E-state index in [2.05, 4.69) is 15.9 Å². The van der Waals surface area contributed by atoms with Crippen LogP contribution in [-0.2, 0) is 14.8 Å². The highest BCUT2D eigenvalue weighted by Crippen LogP contribution is 2.41. The Morgan fingerprint density at radius 3 is 2.19 bits per heavy atom. The molecule has 114 valence electrons. The van der Waals surface area contributed by atoms with Gasteiger partial charge in [-0.1, -0.05) is 33.6 Å². The van der Waals surface area contributed by atoms with Crippen molar-refractivity contribution in [2.75, 3.05) is 6.54 Å². The van der Waals surface area contributed by atoms with Gasteiger partial charge in [-0.3, -0.25) is 4.79 Å². The molecule has 1 saturated heterocycles. The molecule has 21 heavy (non-hydrogen) atoms. The monoisotopic (exact) mass is 371 g/mol. The first-order chi connectivity index (χ1) is 9.58. The number of hydrogen-bond donors (Lipinski definition) is 0. The van der Waals surface area contributed by atoms with Crippen LogP contribution < -0.4 is 0 Å². The quantitative estimate of drug-likeness (QED) is 0.801. The van der Waals surface area contributed by atoms with Gasteiger partial charge in [0, 0.05) is 0 Å². The third-order valence-electron chi connectivity index (χ3n) is 3.84. The van der Waals surface area contributed by atoms with E-state index in [0.717, 1.165) is 19.9 Å². The predicted molar refractivity (Wildman–Crippen MR) is 85.5 cm³/mol. The Balaban J connectivity index is 2.50. The van der Waals surface area contributed by atoms with Gasteiger partial charge in [0.15, 0.2) is 0 Å².